The zero-order chi connectivity index (χ0) is 26.4. The van der Waals surface area contributed by atoms with Gasteiger partial charge >= 0.3 is 23.9 Å². The minimum Gasteiger partial charge on any atom is -0.463 e. The SMILES string of the molecule is CC(=O)OC[C@H]1O[C@H](Nc2ncc(C(=O)c3ccsc3)s2)[C@@H](OC(C)=O)[C@@H](OC(C)=O)[C@@H]1OC(C)=O. The van der Waals surface area contributed by atoms with Gasteiger partial charge in [-0.15, -0.1) is 0 Å². The summed E-state index contributed by atoms with van der Waals surface area (Å²) < 4.78 is 27.1. The largest absolute Gasteiger partial charge is 0.463 e. The fraction of sp³-hybridized carbons (Fsp3) is 0.455. The Hall–Kier alpha value is -3.36. The van der Waals surface area contributed by atoms with Gasteiger partial charge in [0.15, 0.2) is 29.7 Å². The molecule has 2 aromatic rings. The second-order valence-corrected chi connectivity index (χ2v) is 9.45. The van der Waals surface area contributed by atoms with Crippen LogP contribution in [0.25, 0.3) is 0 Å². The first-order chi connectivity index (χ1) is 17.0. The van der Waals surface area contributed by atoms with Crippen LogP contribution in [-0.2, 0) is 42.9 Å². The zero-order valence-electron chi connectivity index (χ0n) is 19.7. The van der Waals surface area contributed by atoms with Crippen LogP contribution >= 0.6 is 22.7 Å². The maximum atomic E-state index is 12.6. The molecule has 14 heteroatoms. The van der Waals surface area contributed by atoms with E-state index in [1.165, 1.54) is 24.5 Å². The van der Waals surface area contributed by atoms with Crippen molar-refractivity contribution < 1.29 is 47.7 Å². The summed E-state index contributed by atoms with van der Waals surface area (Å²) >= 11 is 2.42. The molecule has 5 atom stereocenters. The number of aromatic nitrogens is 1. The van der Waals surface area contributed by atoms with Gasteiger partial charge in [-0.1, -0.05) is 11.3 Å². The van der Waals surface area contributed by atoms with Crippen molar-refractivity contribution in [1.82, 2.24) is 4.98 Å². The molecule has 0 aromatic carbocycles. The van der Waals surface area contributed by atoms with E-state index in [0.717, 1.165) is 32.1 Å². The number of ketones is 1. The molecule has 0 bridgehead atoms. The summed E-state index contributed by atoms with van der Waals surface area (Å²) in [5.41, 5.74) is 0.516. The Balaban J connectivity index is 1.92. The van der Waals surface area contributed by atoms with Crippen LogP contribution in [0.15, 0.2) is 23.0 Å². The minimum absolute atomic E-state index is 0.219. The fourth-order valence-corrected chi connectivity index (χ4v) is 4.89. The summed E-state index contributed by atoms with van der Waals surface area (Å²) in [5.74, 6) is -3.02. The molecule has 194 valence electrons. The van der Waals surface area contributed by atoms with E-state index >= 15 is 0 Å². The number of nitrogens with one attached hydrogen (secondary N) is 1. The molecule has 3 heterocycles. The summed E-state index contributed by atoms with van der Waals surface area (Å²) in [4.78, 5) is 64.2. The van der Waals surface area contributed by atoms with Crippen molar-refractivity contribution >= 4 is 57.5 Å². The monoisotopic (exact) mass is 540 g/mol. The molecule has 12 nitrogen and oxygen atoms in total. The molecule has 0 amide bonds. The van der Waals surface area contributed by atoms with Crippen molar-refractivity contribution in [3.8, 4) is 0 Å². The predicted octanol–water partition coefficient (Wildman–Crippen LogP) is 1.93. The lowest BCUT2D eigenvalue weighted by molar-refractivity contribution is -0.247. The van der Waals surface area contributed by atoms with Crippen molar-refractivity contribution in [3.63, 3.8) is 0 Å². The number of anilines is 1. The number of carbonyl (C=O) groups is 5. The number of esters is 4. The van der Waals surface area contributed by atoms with E-state index < -0.39 is 54.5 Å². The summed E-state index contributed by atoms with van der Waals surface area (Å²) in [6.45, 7) is 4.26. The lowest BCUT2D eigenvalue weighted by atomic mass is 9.97. The first-order valence-electron chi connectivity index (χ1n) is 10.6. The normalized spacial score (nSPS) is 23.3. The van der Waals surface area contributed by atoms with E-state index in [9.17, 15) is 24.0 Å². The molecule has 1 aliphatic rings. The Labute approximate surface area is 213 Å². The Morgan fingerprint density at radius 3 is 2.17 bits per heavy atom. The van der Waals surface area contributed by atoms with Gasteiger partial charge in [-0.05, 0) is 11.4 Å². The predicted molar refractivity (Wildman–Crippen MR) is 125 cm³/mol. The first-order valence-corrected chi connectivity index (χ1v) is 12.4. The van der Waals surface area contributed by atoms with Crippen LogP contribution in [-0.4, -0.2) is 71.9 Å². The van der Waals surface area contributed by atoms with E-state index in [4.69, 9.17) is 23.7 Å². The molecule has 1 aliphatic heterocycles. The zero-order valence-corrected chi connectivity index (χ0v) is 21.4. The van der Waals surface area contributed by atoms with Crippen molar-refractivity contribution in [3.05, 3.63) is 33.5 Å². The topological polar surface area (TPSA) is 156 Å². The Morgan fingerprint density at radius 1 is 0.944 bits per heavy atom. The van der Waals surface area contributed by atoms with E-state index in [1.807, 2.05) is 0 Å². The molecule has 0 unspecified atom stereocenters. The lowest BCUT2D eigenvalue weighted by Crippen LogP contribution is -2.64. The van der Waals surface area contributed by atoms with Crippen molar-refractivity contribution in [2.24, 2.45) is 0 Å². The number of hydrogen-bond donors (Lipinski definition) is 1. The molecular formula is C22H24N2O10S2. The van der Waals surface area contributed by atoms with E-state index in [0.29, 0.717) is 10.4 Å². The van der Waals surface area contributed by atoms with Gasteiger partial charge < -0.3 is 29.0 Å². The van der Waals surface area contributed by atoms with Crippen LogP contribution in [0.4, 0.5) is 5.13 Å². The number of thiazole rings is 1. The van der Waals surface area contributed by atoms with E-state index in [1.54, 1.807) is 16.8 Å². The second kappa shape index (κ2) is 12.1. The summed E-state index contributed by atoms with van der Waals surface area (Å²) in [6, 6.07) is 1.69. The summed E-state index contributed by atoms with van der Waals surface area (Å²) in [6.07, 6.45) is -4.75. The first kappa shape index (κ1) is 27.2. The van der Waals surface area contributed by atoms with Crippen LogP contribution in [0.2, 0.25) is 0 Å². The number of carbonyl (C=O) groups excluding carboxylic acids is 5. The maximum Gasteiger partial charge on any atom is 0.303 e. The molecule has 0 aliphatic carbocycles. The number of thiophene rings is 1. The van der Waals surface area contributed by atoms with Gasteiger partial charge in [-0.2, -0.15) is 11.3 Å². The molecule has 36 heavy (non-hydrogen) atoms. The maximum absolute atomic E-state index is 12.6. The highest BCUT2D eigenvalue weighted by molar-refractivity contribution is 7.17. The van der Waals surface area contributed by atoms with Crippen molar-refractivity contribution in [2.75, 3.05) is 11.9 Å². The van der Waals surface area contributed by atoms with E-state index in [2.05, 4.69) is 10.3 Å². The third-order valence-corrected chi connectivity index (χ3v) is 6.38. The van der Waals surface area contributed by atoms with Gasteiger partial charge in [0, 0.05) is 38.6 Å². The minimum atomic E-state index is -1.31. The number of ether oxygens (including phenoxy) is 5. The Kier molecular flexibility index (Phi) is 9.12. The van der Waals surface area contributed by atoms with Crippen molar-refractivity contribution in [1.29, 1.82) is 0 Å². The Morgan fingerprint density at radius 2 is 1.58 bits per heavy atom. The van der Waals surface area contributed by atoms with E-state index in [-0.39, 0.29) is 17.5 Å². The van der Waals surface area contributed by atoms with Crippen LogP contribution in [0.1, 0.15) is 42.9 Å². The summed E-state index contributed by atoms with van der Waals surface area (Å²) in [5, 5.41) is 6.68. The van der Waals surface area contributed by atoms with Gasteiger partial charge in [0.2, 0.25) is 5.78 Å². The Bertz CT molecular complexity index is 1120. The lowest BCUT2D eigenvalue weighted by Gasteiger charge is -2.44. The highest BCUT2D eigenvalue weighted by Gasteiger charge is 2.52. The van der Waals surface area contributed by atoms with Gasteiger partial charge in [0.1, 0.15) is 12.7 Å². The third-order valence-electron chi connectivity index (χ3n) is 4.77. The standard InChI is InChI=1S/C22H24N2O10S2/c1-10(25)30-8-15-18(31-11(2)26)19(32-12(3)27)20(33-13(4)28)21(34-15)24-22-23-7-16(36-22)17(29)14-5-6-35-9-14/h5-7,9,15,18-21H,8H2,1-4H3,(H,23,24)/t15-,18-,19+,20+,21+/m1/s1. The number of nitrogens with zero attached hydrogens (tertiary/aromatic N) is 1. The molecule has 0 radical (unpaired) electrons. The molecule has 2 aromatic heterocycles. The average Bonchev–Trinajstić information content (AvgIpc) is 3.47. The second-order valence-electron chi connectivity index (χ2n) is 7.64. The quantitative estimate of drug-likeness (QED) is 0.280. The molecule has 1 saturated heterocycles. The van der Waals surface area contributed by atoms with Gasteiger partial charge in [-0.25, -0.2) is 4.98 Å². The third kappa shape index (κ3) is 7.08. The molecular weight excluding hydrogens is 516 g/mol. The molecule has 1 N–H and O–H groups in total. The van der Waals surface area contributed by atoms with Gasteiger partial charge in [0.05, 0.1) is 11.1 Å². The molecule has 0 saturated carbocycles. The highest BCUT2D eigenvalue weighted by atomic mass is 32.1. The van der Waals surface area contributed by atoms with Gasteiger partial charge in [0.25, 0.3) is 0 Å². The van der Waals surface area contributed by atoms with Crippen LogP contribution < -0.4 is 5.32 Å². The average molecular weight is 541 g/mol. The summed E-state index contributed by atoms with van der Waals surface area (Å²) in [7, 11) is 0. The van der Waals surface area contributed by atoms with Gasteiger partial charge in [-0.3, -0.25) is 24.0 Å². The highest BCUT2D eigenvalue weighted by Crippen LogP contribution is 2.31. The van der Waals surface area contributed by atoms with Crippen molar-refractivity contribution in [2.45, 2.75) is 58.3 Å². The smallest absolute Gasteiger partial charge is 0.303 e. The number of rotatable bonds is 9. The number of hydrogen-bond acceptors (Lipinski definition) is 14. The van der Waals surface area contributed by atoms with Crippen LogP contribution in [0, 0.1) is 0 Å². The molecule has 1 fully saturated rings. The molecule has 3 rings (SSSR count). The van der Waals surface area contributed by atoms with Crippen LogP contribution in [0.5, 0.6) is 0 Å². The fourth-order valence-electron chi connectivity index (χ4n) is 3.45. The molecule has 0 spiro atoms. The van der Waals surface area contributed by atoms with Crippen LogP contribution in [0.3, 0.4) is 0 Å².